The van der Waals surface area contributed by atoms with E-state index in [9.17, 15) is 10.5 Å². The molecule has 6 nitrogen and oxygen atoms in total. The molecule has 3 rings (SSSR count). The van der Waals surface area contributed by atoms with Gasteiger partial charge in [0.1, 0.15) is 5.84 Å². The number of nitriles is 2. The lowest BCUT2D eigenvalue weighted by molar-refractivity contribution is -0.258. The van der Waals surface area contributed by atoms with E-state index in [1.165, 1.54) is 0 Å². The molecular weight excluding hydrogens is 328 g/mol. The molecule has 0 bridgehead atoms. The second-order valence-corrected chi connectivity index (χ2v) is 6.79. The van der Waals surface area contributed by atoms with Crippen molar-refractivity contribution in [2.75, 3.05) is 13.2 Å². The molecule has 136 valence electrons. The number of fused-ring (bicyclic) bond motifs is 1. The molecule has 1 saturated carbocycles. The number of aryl methyl sites for hydroxylation is 1. The van der Waals surface area contributed by atoms with Gasteiger partial charge in [-0.15, -0.1) is 0 Å². The third-order valence-electron chi connectivity index (χ3n) is 6.00. The van der Waals surface area contributed by atoms with Gasteiger partial charge in [-0.3, -0.25) is 0 Å². The molecule has 2 N–H and O–H groups in total. The predicted molar refractivity (Wildman–Crippen MR) is 96.8 cm³/mol. The Morgan fingerprint density at radius 3 is 2.04 bits per heavy atom. The summed E-state index contributed by atoms with van der Waals surface area (Å²) in [7, 11) is 0. The van der Waals surface area contributed by atoms with Gasteiger partial charge in [0.05, 0.1) is 17.6 Å². The van der Waals surface area contributed by atoms with Crippen molar-refractivity contribution in [1.82, 2.24) is 0 Å². The predicted octanol–water partition coefficient (Wildman–Crippen LogP) is 2.77. The number of nitrogens with two attached hydrogens (primary N) is 1. The first-order chi connectivity index (χ1) is 12.4. The monoisotopic (exact) mass is 352 g/mol. The molecule has 1 aromatic carbocycles. The first kappa shape index (κ1) is 18.4. The van der Waals surface area contributed by atoms with Crippen molar-refractivity contribution in [3.63, 3.8) is 0 Å². The van der Waals surface area contributed by atoms with E-state index in [4.69, 9.17) is 15.2 Å². The average Bonchev–Trinajstić information content (AvgIpc) is 3.13. The minimum Gasteiger partial charge on any atom is -0.386 e. The zero-order chi connectivity index (χ0) is 19.2. The average molecular weight is 352 g/mol. The van der Waals surface area contributed by atoms with Gasteiger partial charge in [-0.1, -0.05) is 36.8 Å². The summed E-state index contributed by atoms with van der Waals surface area (Å²) < 4.78 is 11.8. The van der Waals surface area contributed by atoms with Crippen molar-refractivity contribution >= 4 is 5.84 Å². The van der Waals surface area contributed by atoms with Gasteiger partial charge < -0.3 is 15.2 Å². The summed E-state index contributed by atoms with van der Waals surface area (Å²) in [6.07, 6.45) is 0.537. The Bertz CT molecular complexity index is 829. The first-order valence-corrected chi connectivity index (χ1v) is 8.96. The van der Waals surface area contributed by atoms with E-state index in [0.29, 0.717) is 6.42 Å². The van der Waals surface area contributed by atoms with Crippen molar-refractivity contribution < 1.29 is 9.47 Å². The number of hydrogen-bond donors (Lipinski definition) is 1. The molecule has 0 spiro atoms. The van der Waals surface area contributed by atoms with Crippen LogP contribution in [-0.4, -0.2) is 25.0 Å². The van der Waals surface area contributed by atoms with Crippen LogP contribution in [0.2, 0.25) is 0 Å². The molecule has 3 atom stereocenters. The van der Waals surface area contributed by atoms with Gasteiger partial charge in [0, 0.05) is 13.2 Å². The maximum atomic E-state index is 10.4. The van der Waals surface area contributed by atoms with Crippen LogP contribution in [0, 0.1) is 40.4 Å². The fourth-order valence-electron chi connectivity index (χ4n) is 5.08. The summed E-state index contributed by atoms with van der Waals surface area (Å²) >= 11 is 0. The van der Waals surface area contributed by atoms with Gasteiger partial charge in [-0.2, -0.15) is 10.5 Å². The summed E-state index contributed by atoms with van der Waals surface area (Å²) in [5.41, 5.74) is 4.84. The summed E-state index contributed by atoms with van der Waals surface area (Å²) in [5, 5.41) is 20.6. The number of rotatable bonds is 6. The van der Waals surface area contributed by atoms with Gasteiger partial charge in [0.2, 0.25) is 0 Å². The SMILES string of the molecule is CCOC1(OCC)N=C(N)[C@@]2(C#N)[C@@](CC)(c3ccc(C)cc3)[C@@]12C#N. The molecule has 0 aromatic heterocycles. The van der Waals surface area contributed by atoms with Crippen molar-refractivity contribution in [3.8, 4) is 12.1 Å². The van der Waals surface area contributed by atoms with Crippen LogP contribution in [0.1, 0.15) is 38.3 Å². The minimum absolute atomic E-state index is 0.117. The highest BCUT2D eigenvalue weighted by Gasteiger charge is 3.00. The van der Waals surface area contributed by atoms with Crippen LogP contribution in [0.25, 0.3) is 0 Å². The summed E-state index contributed by atoms with van der Waals surface area (Å²) in [6.45, 7) is 8.16. The largest absolute Gasteiger partial charge is 0.386 e. The Kier molecular flexibility index (Phi) is 4.10. The smallest absolute Gasteiger partial charge is 0.293 e. The van der Waals surface area contributed by atoms with Crippen LogP contribution in [0.5, 0.6) is 0 Å². The molecule has 6 heteroatoms. The third-order valence-corrected chi connectivity index (χ3v) is 6.00. The Hall–Kier alpha value is -2.41. The lowest BCUT2D eigenvalue weighted by Gasteiger charge is -2.35. The summed E-state index contributed by atoms with van der Waals surface area (Å²) in [4.78, 5) is 4.41. The number of ether oxygens (including phenoxy) is 2. The number of aliphatic imine (C=N–C) groups is 1. The maximum absolute atomic E-state index is 10.4. The van der Waals surface area contributed by atoms with Crippen molar-refractivity contribution in [1.29, 1.82) is 10.5 Å². The Morgan fingerprint density at radius 1 is 1.04 bits per heavy atom. The fraction of sp³-hybridized carbons (Fsp3) is 0.550. The van der Waals surface area contributed by atoms with Crippen LogP contribution in [-0.2, 0) is 14.9 Å². The Balaban J connectivity index is 2.35. The van der Waals surface area contributed by atoms with E-state index in [1.807, 2.05) is 52.0 Å². The van der Waals surface area contributed by atoms with Crippen molar-refractivity contribution in [2.45, 2.75) is 45.4 Å². The molecule has 2 aliphatic rings. The molecule has 1 heterocycles. The highest BCUT2D eigenvalue weighted by molar-refractivity contribution is 6.02. The quantitative estimate of drug-likeness (QED) is 0.793. The molecular formula is C20H24N4O2. The van der Waals surface area contributed by atoms with E-state index >= 15 is 0 Å². The van der Waals surface area contributed by atoms with Gasteiger partial charge >= 0.3 is 0 Å². The van der Waals surface area contributed by atoms with E-state index in [1.54, 1.807) is 0 Å². The highest BCUT2D eigenvalue weighted by atomic mass is 16.7. The number of hydrogen-bond acceptors (Lipinski definition) is 6. The Morgan fingerprint density at radius 2 is 1.62 bits per heavy atom. The summed E-state index contributed by atoms with van der Waals surface area (Å²) in [6, 6.07) is 12.6. The lowest BCUT2D eigenvalue weighted by atomic mass is 9.80. The minimum atomic E-state index is -1.58. The molecule has 26 heavy (non-hydrogen) atoms. The van der Waals surface area contributed by atoms with Crippen LogP contribution in [0.15, 0.2) is 29.3 Å². The third kappa shape index (κ3) is 1.60. The molecule has 1 aliphatic heterocycles. The fourth-order valence-corrected chi connectivity index (χ4v) is 5.08. The standard InChI is InChI=1S/C20H24N4O2/c1-5-17(15-10-8-14(4)9-11-15)18(12-21)16(23)24-20(25-6-2,26-7-3)19(17,18)13-22/h8-11H,5-7H2,1-4H3,(H2,23,24)/t17-,18+,19-/m1/s1. The van der Waals surface area contributed by atoms with Gasteiger partial charge in [-0.05, 0) is 32.8 Å². The topological polar surface area (TPSA) is 104 Å². The van der Waals surface area contributed by atoms with Crippen LogP contribution >= 0.6 is 0 Å². The second kappa shape index (κ2) is 5.81. The number of nitrogens with zero attached hydrogens (tertiary/aromatic N) is 3. The summed E-state index contributed by atoms with van der Waals surface area (Å²) in [5.74, 6) is -1.46. The molecule has 0 unspecified atom stereocenters. The van der Waals surface area contributed by atoms with Crippen molar-refractivity contribution in [3.05, 3.63) is 35.4 Å². The number of amidine groups is 1. The second-order valence-electron chi connectivity index (χ2n) is 6.79. The number of benzene rings is 1. The lowest BCUT2D eigenvalue weighted by Crippen LogP contribution is -2.46. The van der Waals surface area contributed by atoms with E-state index in [2.05, 4.69) is 17.1 Å². The van der Waals surface area contributed by atoms with E-state index < -0.39 is 22.2 Å². The van der Waals surface area contributed by atoms with Gasteiger partial charge in [0.15, 0.2) is 10.8 Å². The first-order valence-electron chi connectivity index (χ1n) is 8.96. The van der Waals surface area contributed by atoms with Gasteiger partial charge in [0.25, 0.3) is 5.91 Å². The molecule has 0 radical (unpaired) electrons. The zero-order valence-electron chi connectivity index (χ0n) is 15.7. The van der Waals surface area contributed by atoms with E-state index in [0.717, 1.165) is 11.1 Å². The van der Waals surface area contributed by atoms with Crippen LogP contribution in [0.3, 0.4) is 0 Å². The van der Waals surface area contributed by atoms with Crippen LogP contribution < -0.4 is 5.73 Å². The molecule has 1 aromatic rings. The molecule has 0 saturated heterocycles. The maximum Gasteiger partial charge on any atom is 0.293 e. The van der Waals surface area contributed by atoms with Gasteiger partial charge in [-0.25, -0.2) is 4.99 Å². The molecule has 0 amide bonds. The Labute approximate surface area is 154 Å². The normalized spacial score (nSPS) is 33.7. The van der Waals surface area contributed by atoms with Crippen molar-refractivity contribution in [2.24, 2.45) is 21.6 Å². The van der Waals surface area contributed by atoms with E-state index in [-0.39, 0.29) is 19.0 Å². The molecule has 1 aliphatic carbocycles. The van der Waals surface area contributed by atoms with Crippen LogP contribution in [0.4, 0.5) is 0 Å². The highest BCUT2D eigenvalue weighted by Crippen LogP contribution is 2.86. The molecule has 1 fully saturated rings. The zero-order valence-corrected chi connectivity index (χ0v) is 15.7.